The number of carbonyl (C=O) groups is 2. The zero-order chi connectivity index (χ0) is 30.3. The number of nitrogens with zero attached hydrogens (tertiary/aromatic N) is 2. The number of aromatic nitrogens is 1. The number of hydrogen-bond donors (Lipinski definition) is 0. The number of amides is 1. The first-order valence-electron chi connectivity index (χ1n) is 15.1. The van der Waals surface area contributed by atoms with Crippen molar-refractivity contribution in [2.45, 2.75) is 111 Å². The van der Waals surface area contributed by atoms with E-state index in [0.717, 1.165) is 74.1 Å². The quantitative estimate of drug-likeness (QED) is 0.142. The van der Waals surface area contributed by atoms with Crippen molar-refractivity contribution in [3.8, 4) is 5.88 Å². The summed E-state index contributed by atoms with van der Waals surface area (Å²) >= 11 is 1.82. The van der Waals surface area contributed by atoms with Crippen molar-refractivity contribution in [3.63, 3.8) is 0 Å². The van der Waals surface area contributed by atoms with Gasteiger partial charge in [0.1, 0.15) is 5.60 Å². The molecule has 1 fully saturated rings. The van der Waals surface area contributed by atoms with E-state index in [-0.39, 0.29) is 11.9 Å². The van der Waals surface area contributed by atoms with E-state index in [4.69, 9.17) is 9.47 Å². The fraction of sp³-hybridized carbons (Fsp3) is 0.618. The molecule has 1 atom stereocenters. The SMILES string of the molecule is C=CC(=O)c1c(CCCCCCc2c(C)cc(C)nc2OC)sc([C@H](C)C2CCN(C(=O)OC(C)(C)C)CC2)c1C. The summed E-state index contributed by atoms with van der Waals surface area (Å²) in [6.07, 6.45) is 9.40. The number of pyridine rings is 1. The second kappa shape index (κ2) is 14.5. The molecule has 3 heterocycles. The maximum absolute atomic E-state index is 12.9. The fourth-order valence-electron chi connectivity index (χ4n) is 5.99. The standard InChI is InChI=1S/C34H50N2O4S/c1-10-28(37)30-25(5)31(24(4)26-17-19-36(20-18-26)33(38)40-34(6,7)8)41-29(30)16-14-12-11-13-15-27-22(2)21-23(3)35-32(27)39-9/h10,21,24,26H,1,11-20H2,2-9H3/t24-/m1/s1. The Morgan fingerprint density at radius 3 is 2.34 bits per heavy atom. The molecule has 0 spiro atoms. The van der Waals surface area contributed by atoms with Crippen molar-refractivity contribution in [2.75, 3.05) is 20.2 Å². The molecule has 1 amide bonds. The highest BCUT2D eigenvalue weighted by Gasteiger charge is 2.32. The molecule has 0 radical (unpaired) electrons. The molecule has 2 aromatic rings. The average Bonchev–Trinajstić information content (AvgIpc) is 3.25. The molecule has 1 aliphatic rings. The van der Waals surface area contributed by atoms with Crippen LogP contribution in [0.4, 0.5) is 4.79 Å². The van der Waals surface area contributed by atoms with Crippen molar-refractivity contribution >= 4 is 23.2 Å². The Labute approximate surface area is 251 Å². The van der Waals surface area contributed by atoms with E-state index in [9.17, 15) is 9.59 Å². The predicted octanol–water partition coefficient (Wildman–Crippen LogP) is 8.54. The number of likely N-dealkylation sites (tertiary alicyclic amines) is 1. The highest BCUT2D eigenvalue weighted by Crippen LogP contribution is 2.41. The lowest BCUT2D eigenvalue weighted by atomic mass is 9.83. The summed E-state index contributed by atoms with van der Waals surface area (Å²) in [6, 6.07) is 2.12. The lowest BCUT2D eigenvalue weighted by Gasteiger charge is -2.35. The van der Waals surface area contributed by atoms with Crippen molar-refractivity contribution in [1.29, 1.82) is 0 Å². The molecule has 1 saturated heterocycles. The van der Waals surface area contributed by atoms with Gasteiger partial charge < -0.3 is 14.4 Å². The zero-order valence-electron chi connectivity index (χ0n) is 26.5. The summed E-state index contributed by atoms with van der Waals surface area (Å²) in [6.45, 7) is 19.4. The number of aryl methyl sites for hydroxylation is 3. The minimum absolute atomic E-state index is 0.0291. The first kappa shape index (κ1) is 32.8. The Bertz CT molecular complexity index is 1220. The Balaban J connectivity index is 1.58. The van der Waals surface area contributed by atoms with Gasteiger partial charge in [-0.25, -0.2) is 9.78 Å². The molecule has 6 nitrogen and oxygen atoms in total. The van der Waals surface area contributed by atoms with Crippen molar-refractivity contribution < 1.29 is 19.1 Å². The van der Waals surface area contributed by atoms with Gasteiger partial charge in [0.15, 0.2) is 5.78 Å². The van der Waals surface area contributed by atoms with Crippen LogP contribution in [0.15, 0.2) is 18.7 Å². The Hall–Kier alpha value is -2.67. The van der Waals surface area contributed by atoms with Crippen LogP contribution >= 0.6 is 11.3 Å². The molecule has 7 heteroatoms. The summed E-state index contributed by atoms with van der Waals surface area (Å²) in [5, 5.41) is 0. The van der Waals surface area contributed by atoms with E-state index in [0.29, 0.717) is 24.9 Å². The Morgan fingerprint density at radius 2 is 1.76 bits per heavy atom. The van der Waals surface area contributed by atoms with Gasteiger partial charge in [0.05, 0.1) is 7.11 Å². The minimum atomic E-state index is -0.481. The van der Waals surface area contributed by atoms with E-state index < -0.39 is 5.60 Å². The van der Waals surface area contributed by atoms with Crippen LogP contribution in [-0.4, -0.2) is 47.6 Å². The van der Waals surface area contributed by atoms with E-state index in [2.05, 4.69) is 38.4 Å². The first-order chi connectivity index (χ1) is 19.4. The number of allylic oxidation sites excluding steroid dienone is 1. The van der Waals surface area contributed by atoms with Crippen LogP contribution < -0.4 is 4.74 Å². The molecule has 1 aliphatic heterocycles. The Morgan fingerprint density at radius 1 is 1.12 bits per heavy atom. The largest absolute Gasteiger partial charge is 0.481 e. The van der Waals surface area contributed by atoms with Crippen LogP contribution in [0.3, 0.4) is 0 Å². The van der Waals surface area contributed by atoms with Crippen LogP contribution in [0, 0.1) is 26.7 Å². The lowest BCUT2D eigenvalue weighted by Crippen LogP contribution is -2.42. The maximum atomic E-state index is 12.9. The van der Waals surface area contributed by atoms with Gasteiger partial charge in [0.2, 0.25) is 5.88 Å². The van der Waals surface area contributed by atoms with Gasteiger partial charge in [-0.15, -0.1) is 11.3 Å². The molecule has 0 N–H and O–H groups in total. The maximum Gasteiger partial charge on any atom is 0.410 e. The van der Waals surface area contributed by atoms with E-state index in [1.54, 1.807) is 7.11 Å². The van der Waals surface area contributed by atoms with Crippen molar-refractivity contribution in [1.82, 2.24) is 9.88 Å². The smallest absolute Gasteiger partial charge is 0.410 e. The van der Waals surface area contributed by atoms with Gasteiger partial charge in [-0.05, 0) is 115 Å². The minimum Gasteiger partial charge on any atom is -0.481 e. The fourth-order valence-corrected chi connectivity index (χ4v) is 7.49. The predicted molar refractivity (Wildman–Crippen MR) is 169 cm³/mol. The second-order valence-corrected chi connectivity index (χ2v) is 13.7. The summed E-state index contributed by atoms with van der Waals surface area (Å²) < 4.78 is 11.1. The summed E-state index contributed by atoms with van der Waals surface area (Å²) in [5.74, 6) is 1.59. The highest BCUT2D eigenvalue weighted by atomic mass is 32.1. The monoisotopic (exact) mass is 582 g/mol. The van der Waals surface area contributed by atoms with E-state index >= 15 is 0 Å². The number of carbonyl (C=O) groups excluding carboxylic acids is 2. The third kappa shape index (κ3) is 8.67. The Kier molecular flexibility index (Phi) is 11.6. The molecular formula is C34H50N2O4S. The molecule has 0 unspecified atom stereocenters. The molecule has 0 saturated carbocycles. The van der Waals surface area contributed by atoms with Crippen LogP contribution in [0.5, 0.6) is 5.88 Å². The van der Waals surface area contributed by atoms with E-state index in [1.807, 2.05) is 43.9 Å². The van der Waals surface area contributed by atoms with Crippen LogP contribution in [0.1, 0.15) is 115 Å². The van der Waals surface area contributed by atoms with Gasteiger partial charge in [-0.1, -0.05) is 26.3 Å². The third-order valence-electron chi connectivity index (χ3n) is 8.21. The number of ketones is 1. The number of methoxy groups -OCH3 is 1. The summed E-state index contributed by atoms with van der Waals surface area (Å²) in [4.78, 5) is 34.3. The van der Waals surface area contributed by atoms with Crippen molar-refractivity contribution in [2.24, 2.45) is 5.92 Å². The van der Waals surface area contributed by atoms with Crippen LogP contribution in [-0.2, 0) is 17.6 Å². The number of thiophene rings is 1. The van der Waals surface area contributed by atoms with Gasteiger partial charge in [0.25, 0.3) is 0 Å². The number of unbranched alkanes of at least 4 members (excludes halogenated alkanes) is 3. The molecule has 41 heavy (non-hydrogen) atoms. The molecule has 0 aliphatic carbocycles. The van der Waals surface area contributed by atoms with Crippen LogP contribution in [0.25, 0.3) is 0 Å². The molecular weight excluding hydrogens is 532 g/mol. The normalized spacial score (nSPS) is 15.1. The third-order valence-corrected chi connectivity index (χ3v) is 9.76. The van der Waals surface area contributed by atoms with Crippen molar-refractivity contribution in [3.05, 3.63) is 56.4 Å². The number of ether oxygens (including phenoxy) is 2. The number of piperidine rings is 1. The van der Waals surface area contributed by atoms with Crippen LogP contribution in [0.2, 0.25) is 0 Å². The van der Waals surface area contributed by atoms with Gasteiger partial charge >= 0.3 is 6.09 Å². The van der Waals surface area contributed by atoms with Gasteiger partial charge in [-0.3, -0.25) is 4.79 Å². The van der Waals surface area contributed by atoms with Gasteiger partial charge in [0, 0.05) is 39.7 Å². The molecule has 3 rings (SSSR count). The highest BCUT2D eigenvalue weighted by molar-refractivity contribution is 7.12. The molecule has 0 aromatic carbocycles. The zero-order valence-corrected chi connectivity index (χ0v) is 27.3. The lowest BCUT2D eigenvalue weighted by molar-refractivity contribution is 0.0176. The number of rotatable bonds is 12. The summed E-state index contributed by atoms with van der Waals surface area (Å²) in [5.41, 5.74) is 4.94. The molecule has 2 aromatic heterocycles. The number of hydrogen-bond acceptors (Lipinski definition) is 6. The topological polar surface area (TPSA) is 68.7 Å². The second-order valence-electron chi connectivity index (χ2n) is 12.5. The molecule has 0 bridgehead atoms. The molecule has 226 valence electrons. The first-order valence-corrected chi connectivity index (χ1v) is 16.0. The van der Waals surface area contributed by atoms with Gasteiger partial charge in [-0.2, -0.15) is 0 Å². The van der Waals surface area contributed by atoms with E-state index in [1.165, 1.54) is 27.0 Å². The summed E-state index contributed by atoms with van der Waals surface area (Å²) in [7, 11) is 1.69. The average molecular weight is 583 g/mol.